The number of nitrogen functional groups attached to an aromatic ring is 1. The monoisotopic (exact) mass is 281 g/mol. The Bertz CT molecular complexity index is 669. The zero-order chi connectivity index (χ0) is 14.8. The number of allylic oxidation sites excluding steroid dienone is 1. The largest absolute Gasteiger partial charge is 0.399 e. The van der Waals surface area contributed by atoms with Gasteiger partial charge in [-0.1, -0.05) is 0 Å². The van der Waals surface area contributed by atoms with Crippen molar-refractivity contribution >= 4 is 29.4 Å². The highest BCUT2D eigenvalue weighted by Gasteiger charge is 2.12. The highest BCUT2D eigenvalue weighted by atomic mass is 15.2. The van der Waals surface area contributed by atoms with Gasteiger partial charge in [-0.15, -0.1) is 0 Å². The molecule has 108 valence electrons. The van der Waals surface area contributed by atoms with Gasteiger partial charge in [0.05, 0.1) is 6.34 Å². The molecule has 0 amide bonds. The van der Waals surface area contributed by atoms with Gasteiger partial charge in [0.25, 0.3) is 0 Å². The van der Waals surface area contributed by atoms with Crippen molar-refractivity contribution in [2.45, 2.75) is 0 Å². The van der Waals surface area contributed by atoms with Crippen molar-refractivity contribution in [3.05, 3.63) is 41.7 Å². The van der Waals surface area contributed by atoms with Crippen LogP contribution in [0.2, 0.25) is 0 Å². The van der Waals surface area contributed by atoms with E-state index >= 15 is 0 Å². The van der Waals surface area contributed by atoms with E-state index in [4.69, 9.17) is 5.73 Å². The maximum atomic E-state index is 6.08. The lowest BCUT2D eigenvalue weighted by Gasteiger charge is -2.21. The van der Waals surface area contributed by atoms with E-state index in [-0.39, 0.29) is 0 Å². The minimum atomic E-state index is 0.698. The first kappa shape index (κ1) is 13.4. The van der Waals surface area contributed by atoms with Crippen molar-refractivity contribution in [2.24, 2.45) is 9.98 Å². The molecule has 2 heterocycles. The minimum absolute atomic E-state index is 0.698. The summed E-state index contributed by atoms with van der Waals surface area (Å²) in [5.41, 5.74) is 11.3. The van der Waals surface area contributed by atoms with E-state index in [1.807, 2.05) is 49.9 Å². The van der Waals surface area contributed by atoms with Gasteiger partial charge in [0, 0.05) is 50.5 Å². The molecule has 5 heteroatoms. The van der Waals surface area contributed by atoms with Gasteiger partial charge in [-0.25, -0.2) is 4.99 Å². The first-order valence-electron chi connectivity index (χ1n) is 6.87. The fourth-order valence-corrected chi connectivity index (χ4v) is 2.49. The number of benzene rings is 1. The lowest BCUT2D eigenvalue weighted by molar-refractivity contribution is 0.472. The number of nitrogens with two attached hydrogens (primary N) is 1. The van der Waals surface area contributed by atoms with Crippen LogP contribution in [0.5, 0.6) is 0 Å². The van der Waals surface area contributed by atoms with Crippen molar-refractivity contribution in [1.29, 1.82) is 0 Å². The van der Waals surface area contributed by atoms with E-state index in [9.17, 15) is 0 Å². The molecule has 2 aliphatic heterocycles. The molecular weight excluding hydrogens is 262 g/mol. The first-order valence-corrected chi connectivity index (χ1v) is 6.87. The Morgan fingerprint density at radius 1 is 1.10 bits per heavy atom. The van der Waals surface area contributed by atoms with Gasteiger partial charge in [-0.3, -0.25) is 4.99 Å². The van der Waals surface area contributed by atoms with Crippen LogP contribution < -0.4 is 5.73 Å². The number of rotatable bonds is 2. The molecular formula is C16H19N5. The van der Waals surface area contributed by atoms with Crippen LogP contribution in [-0.4, -0.2) is 49.7 Å². The number of hydrogen-bond acceptors (Lipinski definition) is 5. The van der Waals surface area contributed by atoms with Gasteiger partial charge in [-0.2, -0.15) is 0 Å². The molecule has 0 fully saturated rings. The van der Waals surface area contributed by atoms with E-state index < -0.39 is 0 Å². The Morgan fingerprint density at radius 3 is 2.67 bits per heavy atom. The van der Waals surface area contributed by atoms with Crippen LogP contribution >= 0.6 is 0 Å². The molecule has 2 aliphatic rings. The molecule has 21 heavy (non-hydrogen) atoms. The smallest absolute Gasteiger partial charge is 0.109 e. The number of nitrogens with zero attached hydrogens (tertiary/aromatic N) is 4. The molecule has 0 bridgehead atoms. The molecule has 0 aromatic heterocycles. The van der Waals surface area contributed by atoms with E-state index in [1.165, 1.54) is 0 Å². The molecule has 0 radical (unpaired) electrons. The van der Waals surface area contributed by atoms with E-state index in [2.05, 4.69) is 27.2 Å². The zero-order valence-corrected chi connectivity index (χ0v) is 12.3. The predicted molar refractivity (Wildman–Crippen MR) is 89.1 cm³/mol. The van der Waals surface area contributed by atoms with Crippen LogP contribution in [0.1, 0.15) is 11.1 Å². The predicted octanol–water partition coefficient (Wildman–Crippen LogP) is 1.90. The molecule has 0 saturated heterocycles. The third-order valence-electron chi connectivity index (χ3n) is 3.47. The molecule has 5 nitrogen and oxygen atoms in total. The second-order valence-corrected chi connectivity index (χ2v) is 5.47. The summed E-state index contributed by atoms with van der Waals surface area (Å²) < 4.78 is 0. The summed E-state index contributed by atoms with van der Waals surface area (Å²) in [6.07, 6.45) is 7.71. The van der Waals surface area contributed by atoms with Crippen LogP contribution in [0, 0.1) is 0 Å². The van der Waals surface area contributed by atoms with Crippen molar-refractivity contribution < 1.29 is 0 Å². The van der Waals surface area contributed by atoms with Crippen LogP contribution in [0.4, 0.5) is 5.69 Å². The minimum Gasteiger partial charge on any atom is -0.399 e. The van der Waals surface area contributed by atoms with Gasteiger partial charge in [0.15, 0.2) is 0 Å². The molecule has 0 atom stereocenters. The summed E-state index contributed by atoms with van der Waals surface area (Å²) >= 11 is 0. The van der Waals surface area contributed by atoms with Crippen molar-refractivity contribution in [3.8, 4) is 0 Å². The SMILES string of the molecule is CN1C=C(c2cc(N)cc(C3=CN=CN(C)C3)c2)C=NC1. The van der Waals surface area contributed by atoms with Crippen LogP contribution in [0.25, 0.3) is 11.1 Å². The number of hydrogen-bond donors (Lipinski definition) is 1. The quantitative estimate of drug-likeness (QED) is 0.842. The third kappa shape index (κ3) is 2.97. The highest BCUT2D eigenvalue weighted by molar-refractivity contribution is 6.10. The Labute approximate surface area is 124 Å². The lowest BCUT2D eigenvalue weighted by atomic mass is 9.98. The molecule has 3 rings (SSSR count). The summed E-state index contributed by atoms with van der Waals surface area (Å²) in [6, 6.07) is 6.12. The Balaban J connectivity index is 1.99. The maximum Gasteiger partial charge on any atom is 0.109 e. The fraction of sp³-hybridized carbons (Fsp3) is 0.250. The van der Waals surface area contributed by atoms with Gasteiger partial charge < -0.3 is 15.5 Å². The van der Waals surface area contributed by atoms with Crippen LogP contribution in [-0.2, 0) is 0 Å². The Kier molecular flexibility index (Phi) is 3.48. The normalized spacial score (nSPS) is 17.8. The summed E-state index contributed by atoms with van der Waals surface area (Å²) in [5.74, 6) is 0. The number of aliphatic imine (C=N–C) groups is 2. The van der Waals surface area contributed by atoms with Crippen molar-refractivity contribution in [2.75, 3.05) is 33.0 Å². The Hall–Kier alpha value is -2.56. The second kappa shape index (κ2) is 5.44. The van der Waals surface area contributed by atoms with Crippen LogP contribution in [0.3, 0.4) is 0 Å². The molecule has 0 aliphatic carbocycles. The van der Waals surface area contributed by atoms with Gasteiger partial charge in [-0.05, 0) is 34.9 Å². The zero-order valence-electron chi connectivity index (χ0n) is 12.3. The average Bonchev–Trinajstić information content (AvgIpc) is 2.46. The fourth-order valence-electron chi connectivity index (χ4n) is 2.49. The number of likely N-dealkylation sites (N-methyl/N-ethyl adjacent to an activating group) is 1. The summed E-state index contributed by atoms with van der Waals surface area (Å²) in [4.78, 5) is 12.7. The molecule has 0 spiro atoms. The summed E-state index contributed by atoms with van der Waals surface area (Å²) in [5, 5.41) is 0. The number of anilines is 1. The molecule has 0 unspecified atom stereocenters. The van der Waals surface area contributed by atoms with Crippen molar-refractivity contribution in [3.63, 3.8) is 0 Å². The van der Waals surface area contributed by atoms with E-state index in [0.29, 0.717) is 6.67 Å². The highest BCUT2D eigenvalue weighted by Crippen LogP contribution is 2.26. The lowest BCUT2D eigenvalue weighted by Crippen LogP contribution is -2.21. The van der Waals surface area contributed by atoms with Crippen LogP contribution in [0.15, 0.2) is 40.6 Å². The van der Waals surface area contributed by atoms with Gasteiger partial charge in [0.1, 0.15) is 6.67 Å². The van der Waals surface area contributed by atoms with Gasteiger partial charge in [0.2, 0.25) is 0 Å². The molecule has 0 saturated carbocycles. The molecule has 2 N–H and O–H groups in total. The van der Waals surface area contributed by atoms with E-state index in [1.54, 1.807) is 0 Å². The van der Waals surface area contributed by atoms with Crippen molar-refractivity contribution in [1.82, 2.24) is 9.80 Å². The second-order valence-electron chi connectivity index (χ2n) is 5.47. The molecule has 1 aromatic rings. The maximum absolute atomic E-state index is 6.08. The topological polar surface area (TPSA) is 57.2 Å². The first-order chi connectivity index (χ1) is 10.1. The third-order valence-corrected chi connectivity index (χ3v) is 3.47. The summed E-state index contributed by atoms with van der Waals surface area (Å²) in [6.45, 7) is 1.53. The average molecular weight is 281 g/mol. The Morgan fingerprint density at radius 2 is 1.90 bits per heavy atom. The summed E-state index contributed by atoms with van der Waals surface area (Å²) in [7, 11) is 4.02. The van der Waals surface area contributed by atoms with Gasteiger partial charge >= 0.3 is 0 Å². The molecule has 1 aromatic carbocycles. The van der Waals surface area contributed by atoms with E-state index in [0.717, 1.165) is 34.5 Å². The standard InChI is InChI=1S/C16H19N5/c1-20-8-14(6-18-10-20)12-3-13(5-16(17)4-12)15-7-19-11-21(2)9-15/h3-8,11H,9-10,17H2,1-2H3.